The predicted molar refractivity (Wildman–Crippen MR) is 103 cm³/mol. The summed E-state index contributed by atoms with van der Waals surface area (Å²) in [6.07, 6.45) is -6.47. The highest BCUT2D eigenvalue weighted by molar-refractivity contribution is 9.10. The summed E-state index contributed by atoms with van der Waals surface area (Å²) in [5.74, 6) is 0.999. The second-order valence-electron chi connectivity index (χ2n) is 6.92. The Morgan fingerprint density at radius 2 is 1.58 bits per heavy atom. The van der Waals surface area contributed by atoms with Crippen molar-refractivity contribution >= 4 is 39.2 Å². The molecule has 164 valence electrons. The number of aromatic amines is 1. The molecule has 2 heterocycles. The second-order valence-corrected chi connectivity index (χ2v) is 7.77. The van der Waals surface area contributed by atoms with E-state index in [0.717, 1.165) is 18.5 Å². The Morgan fingerprint density at radius 3 is 2.16 bits per heavy atom. The van der Waals surface area contributed by atoms with Crippen LogP contribution in [0.5, 0.6) is 0 Å². The summed E-state index contributed by atoms with van der Waals surface area (Å²) in [5.41, 5.74) is -2.43. The van der Waals surface area contributed by atoms with Crippen molar-refractivity contribution in [2.45, 2.75) is 31.1 Å². The molecule has 0 unspecified atom stereocenters. The zero-order valence-electron chi connectivity index (χ0n) is 15.4. The number of hydrogen-bond donors (Lipinski definition) is 3. The third-order valence-corrected chi connectivity index (χ3v) is 5.01. The highest BCUT2D eigenvalue weighted by atomic mass is 79.9. The average Bonchev–Trinajstić information content (AvgIpc) is 3.42. The van der Waals surface area contributed by atoms with Gasteiger partial charge in [0, 0.05) is 23.9 Å². The third kappa shape index (κ3) is 5.09. The number of aromatic nitrogens is 4. The fourth-order valence-electron chi connectivity index (χ4n) is 2.79. The number of benzene rings is 1. The Bertz CT molecular complexity index is 1070. The highest BCUT2D eigenvalue weighted by Crippen LogP contribution is 2.40. The molecule has 0 amide bonds. The lowest BCUT2D eigenvalue weighted by molar-refractivity contribution is -0.143. The summed E-state index contributed by atoms with van der Waals surface area (Å²) in [4.78, 5) is 8.03. The van der Waals surface area contributed by atoms with Crippen molar-refractivity contribution < 1.29 is 26.3 Å². The van der Waals surface area contributed by atoms with Crippen LogP contribution in [-0.4, -0.2) is 20.2 Å². The average molecular weight is 507 g/mol. The number of halogens is 7. The molecule has 0 radical (unpaired) electrons. The van der Waals surface area contributed by atoms with Gasteiger partial charge in [0.05, 0.1) is 21.3 Å². The lowest BCUT2D eigenvalue weighted by atomic mass is 10.1. The lowest BCUT2D eigenvalue weighted by Crippen LogP contribution is -2.12. The standard InChI is InChI=1S/C18H13BrF6N6/c19-12-7-26-16(29-15(12)28-14-6-13(30-31-14)8-1-2-8)27-11-4-9(17(20,21)22)3-10(5-11)18(23,24)25/h3-8H,1-2H2,(H3,26,27,28,29,30,31). The molecule has 31 heavy (non-hydrogen) atoms. The van der Waals surface area contributed by atoms with E-state index in [1.165, 1.54) is 6.20 Å². The Hall–Kier alpha value is -2.83. The molecule has 4 rings (SSSR count). The Labute approximate surface area is 179 Å². The first-order valence-electron chi connectivity index (χ1n) is 8.90. The number of anilines is 4. The van der Waals surface area contributed by atoms with E-state index < -0.39 is 29.2 Å². The molecule has 1 saturated carbocycles. The van der Waals surface area contributed by atoms with Crippen LogP contribution in [0, 0.1) is 0 Å². The van der Waals surface area contributed by atoms with E-state index in [2.05, 4.69) is 46.7 Å². The number of H-pyrrole nitrogens is 1. The first-order chi connectivity index (χ1) is 14.5. The first kappa shape index (κ1) is 21.4. The summed E-state index contributed by atoms with van der Waals surface area (Å²) in [6.45, 7) is 0. The van der Waals surface area contributed by atoms with Crippen LogP contribution in [0.2, 0.25) is 0 Å². The zero-order chi connectivity index (χ0) is 22.4. The van der Waals surface area contributed by atoms with Crippen LogP contribution in [0.15, 0.2) is 34.9 Å². The molecule has 3 N–H and O–H groups in total. The molecule has 2 aromatic heterocycles. The third-order valence-electron chi connectivity index (χ3n) is 4.43. The van der Waals surface area contributed by atoms with Gasteiger partial charge in [-0.15, -0.1) is 0 Å². The van der Waals surface area contributed by atoms with Crippen molar-refractivity contribution in [1.29, 1.82) is 0 Å². The normalized spacial score (nSPS) is 14.5. The van der Waals surface area contributed by atoms with Crippen LogP contribution >= 0.6 is 15.9 Å². The fourth-order valence-corrected chi connectivity index (χ4v) is 3.08. The van der Waals surface area contributed by atoms with Crippen LogP contribution in [0.25, 0.3) is 0 Å². The van der Waals surface area contributed by atoms with Crippen LogP contribution in [0.4, 0.5) is 49.6 Å². The molecule has 0 spiro atoms. The van der Waals surface area contributed by atoms with Crippen molar-refractivity contribution in [2.24, 2.45) is 0 Å². The minimum atomic E-state index is -4.95. The molecule has 1 fully saturated rings. The second kappa shape index (κ2) is 7.70. The Kier molecular flexibility index (Phi) is 5.31. The molecule has 1 aliphatic rings. The van der Waals surface area contributed by atoms with Gasteiger partial charge in [0.1, 0.15) is 5.82 Å². The quantitative estimate of drug-likeness (QED) is 0.350. The van der Waals surface area contributed by atoms with Gasteiger partial charge in [0.25, 0.3) is 0 Å². The van der Waals surface area contributed by atoms with Crippen molar-refractivity contribution in [3.63, 3.8) is 0 Å². The molecule has 3 aromatic rings. The predicted octanol–water partition coefficient (Wildman–Crippen LogP) is 6.36. The number of alkyl halides is 6. The van der Waals surface area contributed by atoms with E-state index in [9.17, 15) is 26.3 Å². The lowest BCUT2D eigenvalue weighted by Gasteiger charge is -2.15. The molecule has 13 heteroatoms. The SMILES string of the molecule is FC(F)(F)c1cc(Nc2ncc(Br)c(Nc3cc(C4CC4)n[nH]3)n2)cc(C(F)(F)F)c1. The zero-order valence-corrected chi connectivity index (χ0v) is 17.0. The minimum Gasteiger partial charge on any atom is -0.324 e. The largest absolute Gasteiger partial charge is 0.416 e. The number of nitrogens with zero attached hydrogens (tertiary/aromatic N) is 3. The summed E-state index contributed by atoms with van der Waals surface area (Å²) < 4.78 is 78.7. The monoisotopic (exact) mass is 506 g/mol. The molecule has 0 bridgehead atoms. The van der Waals surface area contributed by atoms with Crippen molar-refractivity contribution in [3.8, 4) is 0 Å². The van der Waals surface area contributed by atoms with E-state index in [4.69, 9.17) is 0 Å². The Morgan fingerprint density at radius 1 is 0.935 bits per heavy atom. The molecule has 1 aliphatic carbocycles. The van der Waals surface area contributed by atoms with E-state index >= 15 is 0 Å². The summed E-state index contributed by atoms with van der Waals surface area (Å²) in [5, 5.41) is 12.4. The van der Waals surface area contributed by atoms with Gasteiger partial charge in [0.15, 0.2) is 5.82 Å². The topological polar surface area (TPSA) is 78.5 Å². The van der Waals surface area contributed by atoms with E-state index in [1.807, 2.05) is 6.07 Å². The van der Waals surface area contributed by atoms with Gasteiger partial charge in [-0.2, -0.15) is 36.4 Å². The van der Waals surface area contributed by atoms with Crippen LogP contribution in [0.1, 0.15) is 35.6 Å². The molecule has 0 atom stereocenters. The van der Waals surface area contributed by atoms with Crippen molar-refractivity contribution in [1.82, 2.24) is 20.2 Å². The van der Waals surface area contributed by atoms with E-state index in [1.54, 1.807) is 0 Å². The van der Waals surface area contributed by atoms with Gasteiger partial charge in [-0.1, -0.05) is 0 Å². The number of rotatable bonds is 5. The van der Waals surface area contributed by atoms with Crippen LogP contribution < -0.4 is 10.6 Å². The van der Waals surface area contributed by atoms with Gasteiger partial charge in [-0.05, 0) is 47.0 Å². The van der Waals surface area contributed by atoms with Gasteiger partial charge in [-0.3, -0.25) is 5.10 Å². The molecule has 0 aliphatic heterocycles. The maximum Gasteiger partial charge on any atom is 0.416 e. The molecular formula is C18H13BrF6N6. The van der Waals surface area contributed by atoms with Gasteiger partial charge in [-0.25, -0.2) is 4.98 Å². The van der Waals surface area contributed by atoms with E-state index in [0.29, 0.717) is 28.3 Å². The summed E-state index contributed by atoms with van der Waals surface area (Å²) in [7, 11) is 0. The van der Waals surface area contributed by atoms with Crippen molar-refractivity contribution in [3.05, 3.63) is 51.8 Å². The number of nitrogens with one attached hydrogen (secondary N) is 3. The molecular weight excluding hydrogens is 494 g/mol. The minimum absolute atomic E-state index is 0.0519. The molecule has 6 nitrogen and oxygen atoms in total. The summed E-state index contributed by atoms with van der Waals surface area (Å²) in [6, 6.07) is 2.98. The van der Waals surface area contributed by atoms with Crippen LogP contribution in [-0.2, 0) is 12.4 Å². The molecule has 1 aromatic carbocycles. The Balaban J connectivity index is 1.61. The van der Waals surface area contributed by atoms with E-state index in [-0.39, 0.29) is 17.8 Å². The maximum atomic E-state index is 13.0. The first-order valence-corrected chi connectivity index (χ1v) is 9.70. The van der Waals surface area contributed by atoms with Gasteiger partial charge in [0.2, 0.25) is 5.95 Å². The fraction of sp³-hybridized carbons (Fsp3) is 0.278. The number of hydrogen-bond acceptors (Lipinski definition) is 5. The highest BCUT2D eigenvalue weighted by Gasteiger charge is 2.37. The van der Waals surface area contributed by atoms with Gasteiger partial charge >= 0.3 is 12.4 Å². The molecule has 0 saturated heterocycles. The van der Waals surface area contributed by atoms with Crippen LogP contribution in [0.3, 0.4) is 0 Å². The smallest absolute Gasteiger partial charge is 0.324 e. The maximum absolute atomic E-state index is 13.0. The van der Waals surface area contributed by atoms with Gasteiger partial charge < -0.3 is 10.6 Å². The summed E-state index contributed by atoms with van der Waals surface area (Å²) >= 11 is 3.25. The van der Waals surface area contributed by atoms with Crippen molar-refractivity contribution in [2.75, 3.05) is 10.6 Å².